The summed E-state index contributed by atoms with van der Waals surface area (Å²) in [4.78, 5) is 12.8. The molecular weight excluding hydrogens is 438 g/mol. The van der Waals surface area contributed by atoms with Crippen LogP contribution in [0.1, 0.15) is 99.8 Å². The molecule has 5 aliphatic carbocycles. The molecule has 0 amide bonds. The van der Waals surface area contributed by atoms with Gasteiger partial charge in [0.05, 0.1) is 17.6 Å². The van der Waals surface area contributed by atoms with Crippen LogP contribution in [0.4, 0.5) is 0 Å². The van der Waals surface area contributed by atoms with Crippen LogP contribution < -0.4 is 5.73 Å². The van der Waals surface area contributed by atoms with Crippen LogP contribution in [0, 0.1) is 50.7 Å². The molecule has 0 aliphatic heterocycles. The SMILES string of the molecule is CC1CCC2(C(=O)O)CCC3(C)C(=CCC4C3(C)CCC3(N)C(C)(C)C(O)C(O)CC43C)C2C1C. The fourth-order valence-electron chi connectivity index (χ4n) is 10.9. The third-order valence-electron chi connectivity index (χ3n) is 13.9. The zero-order valence-electron chi connectivity index (χ0n) is 23.0. The van der Waals surface area contributed by atoms with Crippen molar-refractivity contribution in [1.29, 1.82) is 0 Å². The van der Waals surface area contributed by atoms with Crippen LogP contribution in [0.3, 0.4) is 0 Å². The smallest absolute Gasteiger partial charge is 0.310 e. The van der Waals surface area contributed by atoms with Gasteiger partial charge in [0.2, 0.25) is 0 Å². The Morgan fingerprint density at radius 1 is 0.971 bits per heavy atom. The highest BCUT2D eigenvalue weighted by atomic mass is 16.4. The van der Waals surface area contributed by atoms with Gasteiger partial charge in [-0.2, -0.15) is 0 Å². The predicted octanol–water partition coefficient (Wildman–Crippen LogP) is 5.14. The number of aliphatic hydroxyl groups is 2. The Labute approximate surface area is 211 Å². The lowest BCUT2D eigenvalue weighted by atomic mass is 9.31. The fourth-order valence-corrected chi connectivity index (χ4v) is 10.9. The molecule has 0 radical (unpaired) electrons. The van der Waals surface area contributed by atoms with E-state index in [1.165, 1.54) is 5.57 Å². The summed E-state index contributed by atoms with van der Waals surface area (Å²) in [7, 11) is 0. The zero-order chi connectivity index (χ0) is 26.0. The number of nitrogens with two attached hydrogens (primary N) is 1. The molecule has 5 aliphatic rings. The standard InChI is InChI=1S/C30H49NO4/c1-17-10-11-29(24(34)35)14-12-26(5)19(22(29)18(17)2)8-9-21-27(26,6)13-15-30(31)25(3,4)23(33)20(32)16-28(21,30)7/h8,17-18,20-23,32-33H,9-16,31H2,1-7H3,(H,34,35). The van der Waals surface area contributed by atoms with Crippen LogP contribution in [-0.2, 0) is 4.79 Å². The fraction of sp³-hybridized carbons (Fsp3) is 0.900. The molecule has 4 saturated carbocycles. The third kappa shape index (κ3) is 2.74. The van der Waals surface area contributed by atoms with Gasteiger partial charge in [-0.1, -0.05) is 60.1 Å². The van der Waals surface area contributed by atoms with Gasteiger partial charge in [0.15, 0.2) is 0 Å². The van der Waals surface area contributed by atoms with Gasteiger partial charge >= 0.3 is 5.97 Å². The van der Waals surface area contributed by atoms with Crippen LogP contribution in [0.2, 0.25) is 0 Å². The normalized spacial score (nSPS) is 57.1. The second-order valence-corrected chi connectivity index (χ2v) is 14.8. The van der Waals surface area contributed by atoms with Crippen LogP contribution in [-0.4, -0.2) is 39.0 Å². The predicted molar refractivity (Wildman–Crippen MR) is 137 cm³/mol. The number of hydrogen-bond donors (Lipinski definition) is 4. The average Bonchev–Trinajstić information content (AvgIpc) is 2.78. The summed E-state index contributed by atoms with van der Waals surface area (Å²) < 4.78 is 0. The topological polar surface area (TPSA) is 104 Å². The minimum atomic E-state index is -0.828. The van der Waals surface area contributed by atoms with E-state index >= 15 is 0 Å². The highest BCUT2D eigenvalue weighted by molar-refractivity contribution is 5.76. The van der Waals surface area contributed by atoms with Gasteiger partial charge in [-0.15, -0.1) is 0 Å². The summed E-state index contributed by atoms with van der Waals surface area (Å²) >= 11 is 0. The van der Waals surface area contributed by atoms with Crippen LogP contribution in [0.25, 0.3) is 0 Å². The van der Waals surface area contributed by atoms with E-state index < -0.39 is 34.5 Å². The molecule has 0 aromatic carbocycles. The van der Waals surface area contributed by atoms with Crippen molar-refractivity contribution in [3.8, 4) is 0 Å². The molecule has 0 heterocycles. The minimum Gasteiger partial charge on any atom is -0.481 e. The van der Waals surface area contributed by atoms with E-state index in [0.717, 1.165) is 44.9 Å². The van der Waals surface area contributed by atoms with Gasteiger partial charge in [0.1, 0.15) is 0 Å². The first-order chi connectivity index (χ1) is 16.0. The molecule has 0 spiro atoms. The lowest BCUT2D eigenvalue weighted by molar-refractivity contribution is -0.242. The second-order valence-electron chi connectivity index (χ2n) is 14.8. The van der Waals surface area contributed by atoms with Gasteiger partial charge < -0.3 is 21.1 Å². The summed E-state index contributed by atoms with van der Waals surface area (Å²) in [5, 5.41) is 32.6. The molecule has 11 unspecified atom stereocenters. The highest BCUT2D eigenvalue weighted by Crippen LogP contribution is 2.76. The van der Waals surface area contributed by atoms with Gasteiger partial charge in [-0.05, 0) is 91.3 Å². The van der Waals surface area contributed by atoms with Crippen molar-refractivity contribution in [2.75, 3.05) is 0 Å². The Balaban J connectivity index is 1.65. The maximum atomic E-state index is 12.8. The summed E-state index contributed by atoms with van der Waals surface area (Å²) in [5.41, 5.74) is 6.52. The Kier molecular flexibility index (Phi) is 5.40. The van der Waals surface area contributed by atoms with Crippen molar-refractivity contribution >= 4 is 5.97 Å². The molecule has 11 atom stereocenters. The second kappa shape index (κ2) is 7.35. The van der Waals surface area contributed by atoms with Gasteiger partial charge in [-0.3, -0.25) is 4.79 Å². The van der Waals surface area contributed by atoms with Gasteiger partial charge in [0.25, 0.3) is 0 Å². The molecular formula is C30H49NO4. The lowest BCUT2D eigenvalue weighted by Crippen LogP contribution is -2.78. The van der Waals surface area contributed by atoms with E-state index in [1.807, 2.05) is 13.8 Å². The van der Waals surface area contributed by atoms with E-state index in [2.05, 4.69) is 40.7 Å². The summed E-state index contributed by atoms with van der Waals surface area (Å²) in [6.07, 6.45) is 7.44. The first kappa shape index (κ1) is 25.7. The van der Waals surface area contributed by atoms with Crippen molar-refractivity contribution in [2.24, 2.45) is 56.5 Å². The molecule has 5 nitrogen and oxygen atoms in total. The number of carboxylic acid groups (broad SMARTS) is 1. The van der Waals surface area contributed by atoms with Crippen molar-refractivity contribution in [1.82, 2.24) is 0 Å². The van der Waals surface area contributed by atoms with E-state index in [4.69, 9.17) is 5.73 Å². The van der Waals surface area contributed by atoms with E-state index in [9.17, 15) is 20.1 Å². The summed E-state index contributed by atoms with van der Waals surface area (Å²) in [6.45, 7) is 15.8. The van der Waals surface area contributed by atoms with Crippen LogP contribution in [0.15, 0.2) is 11.6 Å². The molecule has 35 heavy (non-hydrogen) atoms. The minimum absolute atomic E-state index is 0.0299. The quantitative estimate of drug-likeness (QED) is 0.383. The van der Waals surface area contributed by atoms with Crippen molar-refractivity contribution < 1.29 is 20.1 Å². The highest BCUT2D eigenvalue weighted by Gasteiger charge is 2.73. The number of rotatable bonds is 1. The van der Waals surface area contributed by atoms with Crippen molar-refractivity contribution in [3.05, 3.63) is 11.6 Å². The number of allylic oxidation sites excluding steroid dienone is 2. The Morgan fingerprint density at radius 2 is 1.63 bits per heavy atom. The maximum absolute atomic E-state index is 12.8. The van der Waals surface area contributed by atoms with Crippen LogP contribution >= 0.6 is 0 Å². The van der Waals surface area contributed by atoms with E-state index in [0.29, 0.717) is 18.3 Å². The summed E-state index contributed by atoms with van der Waals surface area (Å²) in [5.74, 6) is 0.645. The number of fused-ring (bicyclic) bond motifs is 7. The molecule has 5 rings (SSSR count). The van der Waals surface area contributed by atoms with Gasteiger partial charge in [-0.25, -0.2) is 0 Å². The van der Waals surface area contributed by atoms with Crippen molar-refractivity contribution in [2.45, 2.75) is 118 Å². The third-order valence-corrected chi connectivity index (χ3v) is 13.9. The largest absolute Gasteiger partial charge is 0.481 e. The monoisotopic (exact) mass is 487 g/mol. The Hall–Kier alpha value is -0.910. The zero-order valence-corrected chi connectivity index (χ0v) is 23.0. The molecule has 0 saturated heterocycles. The molecule has 4 fully saturated rings. The van der Waals surface area contributed by atoms with E-state index in [-0.39, 0.29) is 28.1 Å². The first-order valence-corrected chi connectivity index (χ1v) is 14.1. The number of aliphatic hydroxyl groups excluding tert-OH is 2. The average molecular weight is 488 g/mol. The number of carbonyl (C=O) groups is 1. The number of hydrogen-bond acceptors (Lipinski definition) is 4. The first-order valence-electron chi connectivity index (χ1n) is 14.1. The van der Waals surface area contributed by atoms with Crippen LogP contribution in [0.5, 0.6) is 0 Å². The lowest BCUT2D eigenvalue weighted by Gasteiger charge is -2.74. The molecule has 5 heteroatoms. The van der Waals surface area contributed by atoms with Crippen molar-refractivity contribution in [3.63, 3.8) is 0 Å². The molecule has 0 aromatic rings. The maximum Gasteiger partial charge on any atom is 0.310 e. The molecule has 0 aromatic heterocycles. The number of aliphatic carboxylic acids is 1. The molecule has 0 bridgehead atoms. The Bertz CT molecular complexity index is 960. The Morgan fingerprint density at radius 3 is 2.26 bits per heavy atom. The number of carboxylic acids is 1. The van der Waals surface area contributed by atoms with Gasteiger partial charge in [0, 0.05) is 11.0 Å². The van der Waals surface area contributed by atoms with E-state index in [1.54, 1.807) is 0 Å². The molecule has 5 N–H and O–H groups in total. The summed E-state index contributed by atoms with van der Waals surface area (Å²) in [6, 6.07) is 0. The molecule has 198 valence electrons.